The Bertz CT molecular complexity index is 2000. The standard InChI is InChI=1S/C34H23Cl2F5N2O6/c1-49-20-10-7-15(11-19(20)44)22-16-8-9-17-21(30(46)42(29(17)45)13-14-5-3-2-4-6-14)18(16)12-33(35)31(47)43(32(48)34(22,33)36)28-26(40)24(38)23(37)25(39)27(28)41/h2-8,10-11,17-18,21-22,44H,9,12-13H2,1H3. The van der Waals surface area contributed by atoms with Crippen LogP contribution < -0.4 is 9.64 Å². The van der Waals surface area contributed by atoms with Gasteiger partial charge in [-0.05, 0) is 42.0 Å². The Morgan fingerprint density at radius 3 is 2.10 bits per heavy atom. The lowest BCUT2D eigenvalue weighted by atomic mass is 9.56. The van der Waals surface area contributed by atoms with Gasteiger partial charge in [0.05, 0.1) is 25.5 Å². The molecule has 2 aliphatic heterocycles. The minimum Gasteiger partial charge on any atom is -0.504 e. The average molecular weight is 721 g/mol. The van der Waals surface area contributed by atoms with Crippen molar-refractivity contribution >= 4 is 52.5 Å². The summed E-state index contributed by atoms with van der Waals surface area (Å²) in [5.41, 5.74) is -0.894. The molecule has 4 aliphatic rings. The van der Waals surface area contributed by atoms with Crippen LogP contribution in [-0.2, 0) is 25.7 Å². The van der Waals surface area contributed by atoms with Crippen molar-refractivity contribution in [2.75, 3.05) is 12.0 Å². The van der Waals surface area contributed by atoms with Gasteiger partial charge in [-0.3, -0.25) is 24.1 Å². The fourth-order valence-corrected chi connectivity index (χ4v) is 8.75. The number of phenols is 1. The van der Waals surface area contributed by atoms with Gasteiger partial charge in [0, 0.05) is 5.92 Å². The molecule has 0 radical (unpaired) electrons. The molecule has 49 heavy (non-hydrogen) atoms. The number of carbonyl (C=O) groups is 4. The van der Waals surface area contributed by atoms with Crippen molar-refractivity contribution < 1.29 is 51.0 Å². The molecule has 8 nitrogen and oxygen atoms in total. The number of hydrogen-bond acceptors (Lipinski definition) is 6. The van der Waals surface area contributed by atoms with Gasteiger partial charge in [-0.1, -0.05) is 48.0 Å². The summed E-state index contributed by atoms with van der Waals surface area (Å²) in [6, 6.07) is 12.5. The Kier molecular flexibility index (Phi) is 7.60. The summed E-state index contributed by atoms with van der Waals surface area (Å²) in [5.74, 6) is -21.6. The van der Waals surface area contributed by atoms with Crippen molar-refractivity contribution in [3.63, 3.8) is 0 Å². The van der Waals surface area contributed by atoms with E-state index in [9.17, 15) is 37.5 Å². The maximum Gasteiger partial charge on any atom is 0.258 e. The van der Waals surface area contributed by atoms with Gasteiger partial charge in [0.2, 0.25) is 17.6 Å². The number of anilines is 1. The first kappa shape index (κ1) is 33.0. The number of phenolic OH excluding ortho intramolecular Hbond substituents is 1. The van der Waals surface area contributed by atoms with Crippen LogP contribution in [0.25, 0.3) is 0 Å². The van der Waals surface area contributed by atoms with Gasteiger partial charge in [0.15, 0.2) is 44.5 Å². The molecule has 3 aromatic rings. The third-order valence-electron chi connectivity index (χ3n) is 10.0. The highest BCUT2D eigenvalue weighted by molar-refractivity contribution is 6.58. The van der Waals surface area contributed by atoms with E-state index in [0.29, 0.717) is 5.56 Å². The molecule has 1 N–H and O–H groups in total. The second-order valence-electron chi connectivity index (χ2n) is 12.4. The molecule has 0 bridgehead atoms. The lowest BCUT2D eigenvalue weighted by Gasteiger charge is -2.50. The molecule has 0 aromatic heterocycles. The largest absolute Gasteiger partial charge is 0.504 e. The minimum absolute atomic E-state index is 0.000432. The van der Waals surface area contributed by atoms with Gasteiger partial charge in [0.25, 0.3) is 11.8 Å². The number of likely N-dealkylation sites (tertiary alicyclic amines) is 1. The highest BCUT2D eigenvalue weighted by Crippen LogP contribution is 2.66. The summed E-state index contributed by atoms with van der Waals surface area (Å²) in [5, 5.41) is 10.7. The molecule has 6 unspecified atom stereocenters. The van der Waals surface area contributed by atoms with Gasteiger partial charge < -0.3 is 9.84 Å². The average Bonchev–Trinajstić information content (AvgIpc) is 3.41. The number of rotatable bonds is 5. The van der Waals surface area contributed by atoms with E-state index < -0.39 is 104 Å². The predicted molar refractivity (Wildman–Crippen MR) is 163 cm³/mol. The molecule has 2 aliphatic carbocycles. The molecule has 3 aromatic carbocycles. The zero-order valence-corrected chi connectivity index (χ0v) is 26.7. The van der Waals surface area contributed by atoms with Crippen molar-refractivity contribution in [3.05, 3.63) is 100 Å². The van der Waals surface area contributed by atoms with E-state index in [1.807, 2.05) is 0 Å². The SMILES string of the molecule is COc1ccc(C2C3=CCC4C(=O)N(Cc5ccccc5)C(=O)C4C3CC3(Cl)C(=O)N(c4c(F)c(F)c(F)c(F)c4F)C(=O)C23Cl)cc1O. The third kappa shape index (κ3) is 4.33. The summed E-state index contributed by atoms with van der Waals surface area (Å²) >= 11 is 14.2. The fourth-order valence-electron chi connectivity index (χ4n) is 7.81. The molecule has 254 valence electrons. The number of benzene rings is 3. The van der Waals surface area contributed by atoms with E-state index in [-0.39, 0.29) is 34.8 Å². The highest BCUT2D eigenvalue weighted by Gasteiger charge is 2.77. The molecule has 3 fully saturated rings. The molecule has 4 amide bonds. The second kappa shape index (κ2) is 11.3. The van der Waals surface area contributed by atoms with Gasteiger partial charge >= 0.3 is 0 Å². The zero-order chi connectivity index (χ0) is 35.3. The Balaban J connectivity index is 1.41. The number of aromatic hydroxyl groups is 1. The topological polar surface area (TPSA) is 104 Å². The number of carbonyl (C=O) groups excluding carboxylic acids is 4. The van der Waals surface area contributed by atoms with E-state index in [4.69, 9.17) is 27.9 Å². The first-order valence-electron chi connectivity index (χ1n) is 14.9. The number of hydrogen-bond donors (Lipinski definition) is 1. The third-order valence-corrected chi connectivity index (χ3v) is 11.4. The van der Waals surface area contributed by atoms with Crippen molar-refractivity contribution in [3.8, 4) is 11.5 Å². The molecule has 6 atom stereocenters. The first-order chi connectivity index (χ1) is 23.2. The molecule has 15 heteroatoms. The molecule has 1 saturated carbocycles. The molecular weight excluding hydrogens is 698 g/mol. The Morgan fingerprint density at radius 1 is 0.857 bits per heavy atom. The molecule has 7 rings (SSSR count). The summed E-state index contributed by atoms with van der Waals surface area (Å²) in [7, 11) is 1.27. The maximum absolute atomic E-state index is 15.2. The summed E-state index contributed by atoms with van der Waals surface area (Å²) in [6.07, 6.45) is 0.948. The molecule has 2 heterocycles. The fraction of sp³-hybridized carbons (Fsp3) is 0.294. The number of halogens is 7. The number of imide groups is 2. The lowest BCUT2D eigenvalue weighted by molar-refractivity contribution is -0.141. The van der Waals surface area contributed by atoms with Crippen LogP contribution in [0.5, 0.6) is 11.5 Å². The van der Waals surface area contributed by atoms with E-state index >= 15 is 8.78 Å². The summed E-state index contributed by atoms with van der Waals surface area (Å²) < 4.78 is 78.2. The van der Waals surface area contributed by atoms with Gasteiger partial charge in [0.1, 0.15) is 5.69 Å². The number of alkyl halides is 2. The van der Waals surface area contributed by atoms with Crippen LogP contribution in [0, 0.1) is 46.8 Å². The van der Waals surface area contributed by atoms with Crippen LogP contribution in [0.15, 0.2) is 60.2 Å². The Morgan fingerprint density at radius 2 is 1.49 bits per heavy atom. The number of fused-ring (bicyclic) bond motifs is 4. The van der Waals surface area contributed by atoms with Crippen molar-refractivity contribution in [1.82, 2.24) is 4.90 Å². The van der Waals surface area contributed by atoms with Crippen molar-refractivity contribution in [2.24, 2.45) is 17.8 Å². The maximum atomic E-state index is 15.2. The van der Waals surface area contributed by atoms with E-state index in [0.717, 1.165) is 11.0 Å². The summed E-state index contributed by atoms with van der Waals surface area (Å²) in [4.78, 5) is 51.7. The van der Waals surface area contributed by atoms with E-state index in [1.54, 1.807) is 36.4 Å². The van der Waals surface area contributed by atoms with Crippen LogP contribution in [0.1, 0.15) is 29.9 Å². The Labute approximate surface area is 284 Å². The number of nitrogens with zero attached hydrogens (tertiary/aromatic N) is 2. The quantitative estimate of drug-likeness (QED) is 0.0885. The van der Waals surface area contributed by atoms with Gasteiger partial charge in [-0.25, -0.2) is 26.9 Å². The molecule has 2 saturated heterocycles. The van der Waals surface area contributed by atoms with Gasteiger partial charge in [-0.15, -0.1) is 23.2 Å². The van der Waals surface area contributed by atoms with Crippen LogP contribution in [-0.4, -0.2) is 50.5 Å². The molecular formula is C34H23Cl2F5N2O6. The van der Waals surface area contributed by atoms with Crippen molar-refractivity contribution in [2.45, 2.75) is 35.1 Å². The predicted octanol–water partition coefficient (Wildman–Crippen LogP) is 5.86. The lowest BCUT2D eigenvalue weighted by Crippen LogP contribution is -2.60. The highest BCUT2D eigenvalue weighted by atomic mass is 35.5. The van der Waals surface area contributed by atoms with Crippen LogP contribution >= 0.6 is 23.2 Å². The number of allylic oxidation sites excluding steroid dienone is 2. The minimum atomic E-state index is -2.70. The number of methoxy groups -OCH3 is 1. The smallest absolute Gasteiger partial charge is 0.258 e. The normalized spacial score (nSPS) is 29.2. The second-order valence-corrected chi connectivity index (χ2v) is 13.6. The van der Waals surface area contributed by atoms with E-state index in [2.05, 4.69) is 0 Å². The first-order valence-corrected chi connectivity index (χ1v) is 15.7. The van der Waals surface area contributed by atoms with Crippen molar-refractivity contribution in [1.29, 1.82) is 0 Å². The molecule has 0 spiro atoms. The van der Waals surface area contributed by atoms with Crippen LogP contribution in [0.2, 0.25) is 0 Å². The monoisotopic (exact) mass is 720 g/mol. The van der Waals surface area contributed by atoms with E-state index in [1.165, 1.54) is 19.2 Å². The number of ether oxygens (including phenoxy) is 1. The number of amides is 4. The van der Waals surface area contributed by atoms with Crippen LogP contribution in [0.3, 0.4) is 0 Å². The Hall–Kier alpha value is -4.49. The summed E-state index contributed by atoms with van der Waals surface area (Å²) in [6.45, 7) is -0.0553. The van der Waals surface area contributed by atoms with Gasteiger partial charge in [-0.2, -0.15) is 0 Å². The zero-order valence-electron chi connectivity index (χ0n) is 25.2. The van der Waals surface area contributed by atoms with Crippen LogP contribution in [0.4, 0.5) is 27.6 Å².